The first-order valence-electron chi connectivity index (χ1n) is 11.1. The van der Waals surface area contributed by atoms with Crippen LogP contribution in [0.5, 0.6) is 0 Å². The summed E-state index contributed by atoms with van der Waals surface area (Å²) in [5.41, 5.74) is 2.94. The molecule has 0 spiro atoms. The number of rotatable bonds is 6. The molecule has 1 aromatic heterocycles. The molecule has 1 fully saturated rings. The molecule has 3 aromatic rings. The molecule has 1 unspecified atom stereocenters. The van der Waals surface area contributed by atoms with Crippen LogP contribution in [0.3, 0.4) is 0 Å². The van der Waals surface area contributed by atoms with Gasteiger partial charge >= 0.3 is 0 Å². The highest BCUT2D eigenvalue weighted by molar-refractivity contribution is 7.99. The molecule has 2 aromatic carbocycles. The van der Waals surface area contributed by atoms with Crippen molar-refractivity contribution in [1.29, 1.82) is 0 Å². The van der Waals surface area contributed by atoms with E-state index in [9.17, 15) is 4.79 Å². The lowest BCUT2D eigenvalue weighted by Gasteiger charge is -2.35. The Morgan fingerprint density at radius 1 is 1.20 bits per heavy atom. The van der Waals surface area contributed by atoms with Crippen LogP contribution in [0, 0.1) is 0 Å². The van der Waals surface area contributed by atoms with Gasteiger partial charge in [0, 0.05) is 50.4 Å². The molecular weight excluding hydrogens is 507 g/mol. The highest BCUT2D eigenvalue weighted by Crippen LogP contribution is 2.39. The van der Waals surface area contributed by atoms with Gasteiger partial charge in [0.25, 0.3) is 5.91 Å². The number of piperazine rings is 1. The van der Waals surface area contributed by atoms with Crippen molar-refractivity contribution >= 4 is 63.9 Å². The minimum Gasteiger partial charge on any atom is -0.383 e. The number of thioether (sulfide) groups is 1. The van der Waals surface area contributed by atoms with Crippen LogP contribution in [0.2, 0.25) is 10.0 Å². The van der Waals surface area contributed by atoms with Crippen molar-refractivity contribution in [1.82, 2.24) is 15.3 Å². The molecular formula is C24H24Cl2N6O2S. The fraction of sp³-hybridized carbons (Fsp3) is 0.292. The Morgan fingerprint density at radius 2 is 1.97 bits per heavy atom. The number of nitrogens with one attached hydrogen (secondary N) is 2. The van der Waals surface area contributed by atoms with E-state index in [1.54, 1.807) is 36.4 Å². The Hall–Kier alpha value is -2.56. The fourth-order valence-corrected chi connectivity index (χ4v) is 5.73. The van der Waals surface area contributed by atoms with E-state index in [4.69, 9.17) is 27.9 Å². The normalized spacial score (nSPS) is 17.9. The number of carbonyl (C=O) groups is 1. The summed E-state index contributed by atoms with van der Waals surface area (Å²) in [6, 6.07) is 13.7. The van der Waals surface area contributed by atoms with Crippen LogP contribution in [0.1, 0.15) is 10.4 Å². The molecule has 3 heterocycles. The Labute approximate surface area is 218 Å². The van der Waals surface area contributed by atoms with E-state index in [-0.39, 0.29) is 5.91 Å². The fourth-order valence-electron chi connectivity index (χ4n) is 4.18. The predicted octanol–water partition coefficient (Wildman–Crippen LogP) is 4.66. The first kappa shape index (κ1) is 24.1. The Kier molecular flexibility index (Phi) is 7.31. The lowest BCUT2D eigenvalue weighted by atomic mass is 10.2. The number of nitrogens with zero attached hydrogens (tertiary/aromatic N) is 4. The van der Waals surface area contributed by atoms with Crippen LogP contribution in [0.15, 0.2) is 53.7 Å². The van der Waals surface area contributed by atoms with Crippen molar-refractivity contribution in [2.75, 3.05) is 54.3 Å². The van der Waals surface area contributed by atoms with Crippen molar-refractivity contribution < 1.29 is 9.53 Å². The number of fused-ring (bicyclic) bond motifs is 1. The molecule has 2 aliphatic rings. The minimum absolute atomic E-state index is 0.229. The van der Waals surface area contributed by atoms with Gasteiger partial charge < -0.3 is 20.3 Å². The van der Waals surface area contributed by atoms with E-state index in [1.165, 1.54) is 11.8 Å². The maximum absolute atomic E-state index is 13.1. The number of hydrogen-bond donors (Lipinski definition) is 2. The smallest absolute Gasteiger partial charge is 0.263 e. The Balaban J connectivity index is 1.28. The maximum Gasteiger partial charge on any atom is 0.263 e. The Bertz CT molecular complexity index is 1210. The molecule has 5 rings (SSSR count). The number of anilines is 4. The summed E-state index contributed by atoms with van der Waals surface area (Å²) in [5, 5.41) is 8.17. The number of carbonyl (C=O) groups excluding carboxylic acids is 1. The SMILES string of the molecule is COCC1CN(c2ccc(Nc3ncc4c(n3)SCN(c3c(Cl)cccc3Cl)C4=O)cc2)CCN1. The van der Waals surface area contributed by atoms with Crippen LogP contribution in [-0.2, 0) is 4.74 Å². The number of amides is 1. The molecule has 1 atom stereocenters. The maximum atomic E-state index is 13.1. The van der Waals surface area contributed by atoms with Crippen molar-refractivity contribution in [3.63, 3.8) is 0 Å². The number of aromatic nitrogens is 2. The summed E-state index contributed by atoms with van der Waals surface area (Å²) in [4.78, 5) is 26.0. The molecule has 182 valence electrons. The van der Waals surface area contributed by atoms with E-state index in [2.05, 4.69) is 37.6 Å². The van der Waals surface area contributed by atoms with Gasteiger partial charge in [0.05, 0.1) is 33.8 Å². The molecule has 0 radical (unpaired) electrons. The van der Waals surface area contributed by atoms with Crippen LogP contribution >= 0.6 is 35.0 Å². The van der Waals surface area contributed by atoms with Crippen molar-refractivity contribution in [3.8, 4) is 0 Å². The molecule has 11 heteroatoms. The number of halogens is 2. The molecule has 2 N–H and O–H groups in total. The quantitative estimate of drug-likeness (QED) is 0.445. The molecule has 35 heavy (non-hydrogen) atoms. The molecule has 1 saturated heterocycles. The third kappa shape index (κ3) is 5.19. The third-order valence-corrected chi connectivity index (χ3v) is 7.46. The number of methoxy groups -OCH3 is 1. The number of para-hydroxylation sites is 1. The van der Waals surface area contributed by atoms with Crippen molar-refractivity contribution in [3.05, 3.63) is 64.3 Å². The van der Waals surface area contributed by atoms with Crippen molar-refractivity contribution in [2.45, 2.75) is 11.1 Å². The predicted molar refractivity (Wildman–Crippen MR) is 142 cm³/mol. The topological polar surface area (TPSA) is 82.6 Å². The summed E-state index contributed by atoms with van der Waals surface area (Å²) in [6.45, 7) is 3.46. The van der Waals surface area contributed by atoms with Gasteiger partial charge in [-0.3, -0.25) is 9.69 Å². The second-order valence-corrected chi connectivity index (χ2v) is 9.96. The molecule has 0 saturated carbocycles. The lowest BCUT2D eigenvalue weighted by molar-refractivity contribution is 0.0985. The molecule has 2 aliphatic heterocycles. The summed E-state index contributed by atoms with van der Waals surface area (Å²) < 4.78 is 5.29. The lowest BCUT2D eigenvalue weighted by Crippen LogP contribution is -2.52. The summed E-state index contributed by atoms with van der Waals surface area (Å²) in [7, 11) is 1.72. The zero-order valence-corrected chi connectivity index (χ0v) is 21.3. The number of benzene rings is 2. The van der Waals surface area contributed by atoms with E-state index in [0.717, 1.165) is 31.0 Å². The molecule has 1 amide bonds. The van der Waals surface area contributed by atoms with Gasteiger partial charge in [0.15, 0.2) is 0 Å². The van der Waals surface area contributed by atoms with Gasteiger partial charge in [-0.1, -0.05) is 41.0 Å². The van der Waals surface area contributed by atoms with E-state index < -0.39 is 0 Å². The average Bonchev–Trinajstić information content (AvgIpc) is 2.86. The third-order valence-electron chi connectivity index (χ3n) is 5.88. The Morgan fingerprint density at radius 3 is 2.71 bits per heavy atom. The van der Waals surface area contributed by atoms with Crippen LogP contribution in [0.4, 0.5) is 23.0 Å². The standard InChI is InChI=1S/C24H24Cl2N6O2S/c1-34-13-16-12-31(10-9-27-16)17-7-5-15(6-8-17)29-24-28-11-18-22(30-24)35-14-32(23(18)33)21-19(25)3-2-4-20(21)26/h2-8,11,16,27H,9-10,12-14H2,1H3,(H,28,29,30). The van der Waals surface area contributed by atoms with E-state index in [1.807, 2.05) is 12.1 Å². The number of hydrogen-bond acceptors (Lipinski definition) is 8. The summed E-state index contributed by atoms with van der Waals surface area (Å²) in [6.07, 6.45) is 1.54. The van der Waals surface area contributed by atoms with Gasteiger partial charge in [-0.15, -0.1) is 0 Å². The van der Waals surface area contributed by atoms with Gasteiger partial charge in [0.2, 0.25) is 5.95 Å². The van der Waals surface area contributed by atoms with Gasteiger partial charge in [-0.05, 0) is 36.4 Å². The minimum atomic E-state index is -0.229. The zero-order chi connectivity index (χ0) is 24.4. The van der Waals surface area contributed by atoms with E-state index in [0.29, 0.717) is 50.8 Å². The van der Waals surface area contributed by atoms with Gasteiger partial charge in [-0.25, -0.2) is 9.97 Å². The van der Waals surface area contributed by atoms with Crippen molar-refractivity contribution in [2.24, 2.45) is 0 Å². The molecule has 0 aliphatic carbocycles. The summed E-state index contributed by atoms with van der Waals surface area (Å²) >= 11 is 14.1. The average molecular weight is 531 g/mol. The van der Waals surface area contributed by atoms with E-state index >= 15 is 0 Å². The van der Waals surface area contributed by atoms with Crippen LogP contribution < -0.4 is 20.4 Å². The summed E-state index contributed by atoms with van der Waals surface area (Å²) in [5.74, 6) is 0.561. The highest BCUT2D eigenvalue weighted by Gasteiger charge is 2.30. The zero-order valence-electron chi connectivity index (χ0n) is 19.0. The molecule has 0 bridgehead atoms. The second-order valence-electron chi connectivity index (χ2n) is 8.21. The largest absolute Gasteiger partial charge is 0.383 e. The van der Waals surface area contributed by atoms with Gasteiger partial charge in [0.1, 0.15) is 5.03 Å². The first-order valence-corrected chi connectivity index (χ1v) is 12.9. The molecule has 8 nitrogen and oxygen atoms in total. The number of ether oxygens (including phenoxy) is 1. The first-order chi connectivity index (χ1) is 17.0. The van der Waals surface area contributed by atoms with Gasteiger partial charge in [-0.2, -0.15) is 0 Å². The van der Waals surface area contributed by atoms with Crippen LogP contribution in [0.25, 0.3) is 0 Å². The van der Waals surface area contributed by atoms with Crippen LogP contribution in [-0.4, -0.2) is 61.1 Å². The second kappa shape index (κ2) is 10.6. The highest BCUT2D eigenvalue weighted by atomic mass is 35.5. The monoisotopic (exact) mass is 530 g/mol.